The second-order valence-corrected chi connectivity index (χ2v) is 5.49. The van der Waals surface area contributed by atoms with Crippen molar-refractivity contribution in [3.63, 3.8) is 0 Å². The van der Waals surface area contributed by atoms with Crippen LogP contribution in [-0.2, 0) is 13.0 Å². The van der Waals surface area contributed by atoms with Gasteiger partial charge in [0.25, 0.3) is 5.56 Å². The van der Waals surface area contributed by atoms with Crippen LogP contribution in [0.2, 0.25) is 5.02 Å². The molecule has 0 radical (unpaired) electrons. The van der Waals surface area contributed by atoms with Gasteiger partial charge in [-0.15, -0.1) is 0 Å². The Morgan fingerprint density at radius 2 is 2.00 bits per heavy atom. The highest BCUT2D eigenvalue weighted by atomic mass is 35.5. The minimum Gasteiger partial charge on any atom is -0.316 e. The van der Waals surface area contributed by atoms with E-state index in [2.05, 4.69) is 9.97 Å². The lowest BCUT2D eigenvalue weighted by Gasteiger charge is -2.07. The van der Waals surface area contributed by atoms with Crippen LogP contribution in [0.5, 0.6) is 0 Å². The lowest BCUT2D eigenvalue weighted by molar-refractivity contribution is 0.651. The third-order valence-electron chi connectivity index (χ3n) is 3.29. The van der Waals surface area contributed by atoms with Gasteiger partial charge in [-0.1, -0.05) is 23.7 Å². The maximum absolute atomic E-state index is 12.4. The molecule has 2 aromatic heterocycles. The molecular weight excluding hydrogens is 306 g/mol. The molecule has 3 aromatic rings. The average Bonchev–Trinajstić information content (AvgIpc) is 2.49. The van der Waals surface area contributed by atoms with E-state index in [1.807, 2.05) is 24.3 Å². The van der Waals surface area contributed by atoms with E-state index in [4.69, 9.17) is 23.8 Å². The first-order valence-electron chi connectivity index (χ1n) is 6.47. The third kappa shape index (κ3) is 2.89. The van der Waals surface area contributed by atoms with Gasteiger partial charge in [-0.05, 0) is 48.5 Å². The molecule has 0 unspecified atom stereocenters. The first-order valence-corrected chi connectivity index (χ1v) is 7.26. The van der Waals surface area contributed by atoms with E-state index in [-0.39, 0.29) is 5.56 Å². The molecule has 3 rings (SSSR count). The van der Waals surface area contributed by atoms with Crippen molar-refractivity contribution in [3.8, 4) is 0 Å². The number of pyridine rings is 1. The van der Waals surface area contributed by atoms with Gasteiger partial charge in [0, 0.05) is 17.8 Å². The molecule has 1 N–H and O–H groups in total. The van der Waals surface area contributed by atoms with E-state index < -0.39 is 0 Å². The molecule has 106 valence electrons. The second-order valence-electron chi connectivity index (χ2n) is 4.66. The number of aromatic amines is 1. The summed E-state index contributed by atoms with van der Waals surface area (Å²) in [7, 11) is 0. The van der Waals surface area contributed by atoms with Crippen molar-refractivity contribution in [2.75, 3.05) is 0 Å². The quantitative estimate of drug-likeness (QED) is 0.754. The zero-order chi connectivity index (χ0) is 14.8. The van der Waals surface area contributed by atoms with Crippen LogP contribution in [0.4, 0.5) is 0 Å². The van der Waals surface area contributed by atoms with E-state index in [9.17, 15) is 4.79 Å². The Morgan fingerprint density at radius 1 is 1.24 bits per heavy atom. The van der Waals surface area contributed by atoms with Crippen molar-refractivity contribution in [2.45, 2.75) is 13.0 Å². The molecule has 0 saturated heterocycles. The zero-order valence-corrected chi connectivity index (χ0v) is 12.6. The minimum atomic E-state index is -0.115. The molecule has 0 aliphatic carbocycles. The molecule has 0 aliphatic rings. The molecule has 21 heavy (non-hydrogen) atoms. The van der Waals surface area contributed by atoms with Gasteiger partial charge in [-0.25, -0.2) is 4.98 Å². The standard InChI is InChI=1S/C15H12ClN3OS/c16-11-5-3-10(4-6-11)7-9-19-14(20)12-2-1-8-17-13(12)18-15(19)21/h1-6,8H,7,9H2,(H,17,18,21). The topological polar surface area (TPSA) is 50.7 Å². The number of hydrogen-bond donors (Lipinski definition) is 1. The van der Waals surface area contributed by atoms with E-state index in [1.165, 1.54) is 0 Å². The number of H-pyrrole nitrogens is 1. The van der Waals surface area contributed by atoms with Crippen LogP contribution in [-0.4, -0.2) is 14.5 Å². The highest BCUT2D eigenvalue weighted by molar-refractivity contribution is 7.71. The van der Waals surface area contributed by atoms with Crippen LogP contribution in [0, 0.1) is 4.77 Å². The van der Waals surface area contributed by atoms with Crippen molar-refractivity contribution in [1.29, 1.82) is 0 Å². The molecule has 0 saturated carbocycles. The fraction of sp³-hybridized carbons (Fsp3) is 0.133. The summed E-state index contributed by atoms with van der Waals surface area (Å²) in [6.07, 6.45) is 2.34. The van der Waals surface area contributed by atoms with E-state index >= 15 is 0 Å². The Bertz CT molecular complexity index is 899. The number of nitrogens with zero attached hydrogens (tertiary/aromatic N) is 2. The fourth-order valence-electron chi connectivity index (χ4n) is 2.18. The number of fused-ring (bicyclic) bond motifs is 1. The predicted molar refractivity (Wildman–Crippen MR) is 86.3 cm³/mol. The molecule has 0 atom stereocenters. The van der Waals surface area contributed by atoms with Gasteiger partial charge < -0.3 is 4.98 Å². The van der Waals surface area contributed by atoms with Crippen LogP contribution in [0.1, 0.15) is 5.56 Å². The van der Waals surface area contributed by atoms with Gasteiger partial charge in [0.1, 0.15) is 5.65 Å². The molecule has 1 aromatic carbocycles. The third-order valence-corrected chi connectivity index (χ3v) is 3.87. The summed E-state index contributed by atoms with van der Waals surface area (Å²) < 4.78 is 1.95. The van der Waals surface area contributed by atoms with Crippen molar-refractivity contribution >= 4 is 34.9 Å². The highest BCUT2D eigenvalue weighted by Crippen LogP contribution is 2.10. The summed E-state index contributed by atoms with van der Waals surface area (Å²) in [4.78, 5) is 19.6. The van der Waals surface area contributed by atoms with E-state index in [0.29, 0.717) is 33.8 Å². The molecule has 2 heterocycles. The molecular formula is C15H12ClN3OS. The van der Waals surface area contributed by atoms with E-state index in [0.717, 1.165) is 5.56 Å². The van der Waals surface area contributed by atoms with Crippen molar-refractivity contribution in [3.05, 3.63) is 68.3 Å². The summed E-state index contributed by atoms with van der Waals surface area (Å²) >= 11 is 11.1. The molecule has 0 spiro atoms. The first kappa shape index (κ1) is 14.0. The van der Waals surface area contributed by atoms with Crippen molar-refractivity contribution < 1.29 is 0 Å². The maximum Gasteiger partial charge on any atom is 0.263 e. The van der Waals surface area contributed by atoms with Crippen molar-refractivity contribution in [1.82, 2.24) is 14.5 Å². The van der Waals surface area contributed by atoms with Crippen LogP contribution < -0.4 is 5.56 Å². The van der Waals surface area contributed by atoms with Crippen LogP contribution in [0.15, 0.2) is 47.4 Å². The lowest BCUT2D eigenvalue weighted by atomic mass is 10.1. The Balaban J connectivity index is 1.95. The van der Waals surface area contributed by atoms with Gasteiger partial charge in [0.05, 0.1) is 5.39 Å². The van der Waals surface area contributed by atoms with Crippen LogP contribution >= 0.6 is 23.8 Å². The molecule has 4 nitrogen and oxygen atoms in total. The molecule has 0 amide bonds. The summed E-state index contributed by atoms with van der Waals surface area (Å²) in [5.74, 6) is 0. The summed E-state index contributed by atoms with van der Waals surface area (Å²) in [5, 5.41) is 1.24. The number of hydrogen-bond acceptors (Lipinski definition) is 3. The average molecular weight is 318 g/mol. The highest BCUT2D eigenvalue weighted by Gasteiger charge is 2.06. The van der Waals surface area contributed by atoms with Gasteiger partial charge in [0.2, 0.25) is 0 Å². The minimum absolute atomic E-state index is 0.115. The number of aromatic nitrogens is 3. The van der Waals surface area contributed by atoms with Gasteiger partial charge in [0.15, 0.2) is 4.77 Å². The smallest absolute Gasteiger partial charge is 0.263 e. The zero-order valence-electron chi connectivity index (χ0n) is 11.0. The predicted octanol–water partition coefficient (Wildman–Crippen LogP) is 3.35. The monoisotopic (exact) mass is 317 g/mol. The largest absolute Gasteiger partial charge is 0.316 e. The SMILES string of the molecule is O=c1c2cccnc2[nH]c(=S)n1CCc1ccc(Cl)cc1. The number of rotatable bonds is 3. The number of aryl methyl sites for hydroxylation is 1. The lowest BCUT2D eigenvalue weighted by Crippen LogP contribution is -2.23. The fourth-order valence-corrected chi connectivity index (χ4v) is 2.58. The maximum atomic E-state index is 12.4. The number of halogens is 1. The Hall–Kier alpha value is -1.98. The Labute approximate surface area is 131 Å². The molecule has 0 aliphatic heterocycles. The summed E-state index contributed by atoms with van der Waals surface area (Å²) in [6, 6.07) is 11.1. The van der Waals surface area contributed by atoms with Crippen LogP contribution in [0.25, 0.3) is 11.0 Å². The Morgan fingerprint density at radius 3 is 2.76 bits per heavy atom. The first-order chi connectivity index (χ1) is 10.1. The summed E-state index contributed by atoms with van der Waals surface area (Å²) in [5.41, 5.74) is 1.51. The molecule has 0 bridgehead atoms. The number of benzene rings is 1. The number of nitrogens with one attached hydrogen (secondary N) is 1. The second kappa shape index (κ2) is 5.79. The van der Waals surface area contributed by atoms with Gasteiger partial charge in [-0.3, -0.25) is 9.36 Å². The van der Waals surface area contributed by atoms with Crippen LogP contribution in [0.3, 0.4) is 0 Å². The summed E-state index contributed by atoms with van der Waals surface area (Å²) in [6.45, 7) is 0.515. The Kier molecular flexibility index (Phi) is 3.86. The van der Waals surface area contributed by atoms with Gasteiger partial charge in [-0.2, -0.15) is 0 Å². The van der Waals surface area contributed by atoms with Crippen molar-refractivity contribution in [2.24, 2.45) is 0 Å². The van der Waals surface area contributed by atoms with E-state index in [1.54, 1.807) is 22.9 Å². The normalized spacial score (nSPS) is 10.9. The van der Waals surface area contributed by atoms with Gasteiger partial charge >= 0.3 is 0 Å². The molecule has 6 heteroatoms. The molecule has 0 fully saturated rings.